The van der Waals surface area contributed by atoms with Crippen molar-refractivity contribution in [1.29, 1.82) is 0 Å². The van der Waals surface area contributed by atoms with Crippen LogP contribution >= 0.6 is 11.6 Å². The average Bonchev–Trinajstić information content (AvgIpc) is 2.42. The second-order valence-corrected chi connectivity index (χ2v) is 5.68. The van der Waals surface area contributed by atoms with Crippen LogP contribution in [0.5, 0.6) is 0 Å². The van der Waals surface area contributed by atoms with Crippen LogP contribution in [0.1, 0.15) is 43.0 Å². The van der Waals surface area contributed by atoms with Crippen LogP contribution in [0.3, 0.4) is 0 Å². The highest BCUT2D eigenvalue weighted by atomic mass is 35.5. The molecule has 0 bridgehead atoms. The summed E-state index contributed by atoms with van der Waals surface area (Å²) in [6.07, 6.45) is 3.71. The molecule has 19 heavy (non-hydrogen) atoms. The average molecular weight is 284 g/mol. The molecule has 1 aliphatic heterocycles. The Hall–Kier alpha value is -0.930. The fourth-order valence-electron chi connectivity index (χ4n) is 2.91. The van der Waals surface area contributed by atoms with E-state index in [0.29, 0.717) is 12.1 Å². The van der Waals surface area contributed by atoms with E-state index in [9.17, 15) is 9.18 Å². The molecule has 104 valence electrons. The predicted molar refractivity (Wildman–Crippen MR) is 75.2 cm³/mol. The van der Waals surface area contributed by atoms with E-state index >= 15 is 0 Å². The molecule has 1 fully saturated rings. The van der Waals surface area contributed by atoms with Crippen molar-refractivity contribution in [3.63, 3.8) is 0 Å². The fourth-order valence-corrected chi connectivity index (χ4v) is 3.09. The Labute approximate surface area is 118 Å². The molecule has 1 aromatic rings. The highest BCUT2D eigenvalue weighted by molar-refractivity contribution is 6.31. The molecule has 0 saturated carbocycles. The fraction of sp³-hybridized carbons (Fsp3) is 0.533. The second-order valence-electron chi connectivity index (χ2n) is 5.27. The van der Waals surface area contributed by atoms with E-state index < -0.39 is 5.82 Å². The molecule has 0 radical (unpaired) electrons. The van der Waals surface area contributed by atoms with Gasteiger partial charge in [0.05, 0.1) is 5.02 Å². The lowest BCUT2D eigenvalue weighted by molar-refractivity contribution is 0.0718. The third-order valence-corrected chi connectivity index (χ3v) is 4.15. The van der Waals surface area contributed by atoms with Crippen LogP contribution in [0.4, 0.5) is 4.39 Å². The number of hydrogen-bond donors (Lipinski definition) is 1. The van der Waals surface area contributed by atoms with Crippen LogP contribution in [0, 0.1) is 11.2 Å². The lowest BCUT2D eigenvalue weighted by Crippen LogP contribution is -2.45. The first-order chi connectivity index (χ1) is 9.09. The Morgan fingerprint density at radius 1 is 1.53 bits per heavy atom. The summed E-state index contributed by atoms with van der Waals surface area (Å²) in [4.78, 5) is 12.8. The number of carbonyl (C=O) groups is 1. The summed E-state index contributed by atoms with van der Waals surface area (Å²) in [5, 5.41) is 3.32. The monoisotopic (exact) mass is 283 g/mol. The van der Waals surface area contributed by atoms with Gasteiger partial charge in [0, 0.05) is 17.5 Å². The normalized spacial score (nSPS) is 23.3. The number of rotatable bonds is 4. The first kappa shape index (κ1) is 14.5. The summed E-state index contributed by atoms with van der Waals surface area (Å²) >= 11 is 5.78. The van der Waals surface area contributed by atoms with E-state index in [-0.39, 0.29) is 16.2 Å². The quantitative estimate of drug-likeness (QED) is 0.851. The highest BCUT2D eigenvalue weighted by Gasteiger charge is 2.39. The summed E-state index contributed by atoms with van der Waals surface area (Å²) in [6.45, 7) is 3.75. The van der Waals surface area contributed by atoms with Gasteiger partial charge in [-0.2, -0.15) is 0 Å². The van der Waals surface area contributed by atoms with Crippen molar-refractivity contribution in [1.82, 2.24) is 5.32 Å². The van der Waals surface area contributed by atoms with E-state index in [4.69, 9.17) is 11.6 Å². The smallest absolute Gasteiger partial charge is 0.170 e. The zero-order chi connectivity index (χ0) is 13.9. The number of nitrogens with one attached hydrogen (secondary N) is 1. The van der Waals surface area contributed by atoms with Gasteiger partial charge in [0.15, 0.2) is 5.78 Å². The minimum atomic E-state index is -0.482. The molecule has 2 nitrogen and oxygen atoms in total. The van der Waals surface area contributed by atoms with Gasteiger partial charge in [-0.05, 0) is 44.0 Å². The molecule has 1 N–H and O–H groups in total. The van der Waals surface area contributed by atoms with E-state index in [1.54, 1.807) is 0 Å². The maximum atomic E-state index is 13.2. The number of benzene rings is 1. The molecule has 1 heterocycles. The topological polar surface area (TPSA) is 29.1 Å². The summed E-state index contributed by atoms with van der Waals surface area (Å²) in [7, 11) is 0. The molecule has 0 spiro atoms. The van der Waals surface area contributed by atoms with Crippen LogP contribution in [0.15, 0.2) is 18.2 Å². The first-order valence-electron chi connectivity index (χ1n) is 6.79. The third-order valence-electron chi connectivity index (χ3n) is 3.86. The number of Topliss-reactive ketones (excluding diaryl/α,β-unsaturated/α-hetero) is 1. The van der Waals surface area contributed by atoms with Crippen molar-refractivity contribution in [2.24, 2.45) is 5.41 Å². The van der Waals surface area contributed by atoms with Gasteiger partial charge in [0.2, 0.25) is 0 Å². The molecule has 1 saturated heterocycles. The molecule has 2 rings (SSSR count). The standard InChI is InChI=1S/C15H19ClFNO/c1-2-6-15(7-3-8-18-10-15)14(19)11-4-5-13(17)12(16)9-11/h4-5,9,18H,2-3,6-8,10H2,1H3. The Kier molecular flexibility index (Phi) is 4.58. The molecule has 0 amide bonds. The lowest BCUT2D eigenvalue weighted by atomic mass is 9.71. The van der Waals surface area contributed by atoms with Gasteiger partial charge < -0.3 is 5.32 Å². The minimum Gasteiger partial charge on any atom is -0.316 e. The summed E-state index contributed by atoms with van der Waals surface area (Å²) in [5.41, 5.74) is 0.164. The van der Waals surface area contributed by atoms with Crippen LogP contribution < -0.4 is 5.32 Å². The number of piperidine rings is 1. The van der Waals surface area contributed by atoms with Crippen LogP contribution in [0.2, 0.25) is 5.02 Å². The number of carbonyl (C=O) groups excluding carboxylic acids is 1. The van der Waals surface area contributed by atoms with Crippen molar-refractivity contribution in [3.8, 4) is 0 Å². The van der Waals surface area contributed by atoms with Gasteiger partial charge in [-0.25, -0.2) is 4.39 Å². The van der Waals surface area contributed by atoms with Gasteiger partial charge in [-0.1, -0.05) is 24.9 Å². The van der Waals surface area contributed by atoms with Gasteiger partial charge in [-0.3, -0.25) is 4.79 Å². The van der Waals surface area contributed by atoms with E-state index in [1.807, 2.05) is 0 Å². The van der Waals surface area contributed by atoms with Gasteiger partial charge in [0.1, 0.15) is 5.82 Å². The zero-order valence-electron chi connectivity index (χ0n) is 11.1. The largest absolute Gasteiger partial charge is 0.316 e. The molecule has 1 aromatic carbocycles. The Bertz CT molecular complexity index is 464. The van der Waals surface area contributed by atoms with Crippen molar-refractivity contribution in [3.05, 3.63) is 34.6 Å². The molecular weight excluding hydrogens is 265 g/mol. The Morgan fingerprint density at radius 3 is 2.89 bits per heavy atom. The van der Waals surface area contributed by atoms with Crippen molar-refractivity contribution < 1.29 is 9.18 Å². The van der Waals surface area contributed by atoms with Crippen LogP contribution in [-0.4, -0.2) is 18.9 Å². The molecule has 1 atom stereocenters. The van der Waals surface area contributed by atoms with Gasteiger partial charge >= 0.3 is 0 Å². The summed E-state index contributed by atoms with van der Waals surface area (Å²) in [6, 6.07) is 4.26. The molecule has 1 aliphatic rings. The predicted octanol–water partition coefficient (Wildman–Crippen LogP) is 3.83. The molecule has 4 heteroatoms. The first-order valence-corrected chi connectivity index (χ1v) is 7.17. The SMILES string of the molecule is CCCC1(C(=O)c2ccc(F)c(Cl)c2)CCCNC1. The van der Waals surface area contributed by atoms with E-state index in [0.717, 1.165) is 32.2 Å². The summed E-state index contributed by atoms with van der Waals surface area (Å²) in [5.74, 6) is -0.395. The Morgan fingerprint density at radius 2 is 2.32 bits per heavy atom. The van der Waals surface area contributed by atoms with Gasteiger partial charge in [-0.15, -0.1) is 0 Å². The highest BCUT2D eigenvalue weighted by Crippen LogP contribution is 2.36. The van der Waals surface area contributed by atoms with Crippen LogP contribution in [-0.2, 0) is 0 Å². The lowest BCUT2D eigenvalue weighted by Gasteiger charge is -2.36. The summed E-state index contributed by atoms with van der Waals surface area (Å²) < 4.78 is 13.2. The molecule has 0 aliphatic carbocycles. The van der Waals surface area contributed by atoms with Crippen LogP contribution in [0.25, 0.3) is 0 Å². The number of halogens is 2. The third kappa shape index (κ3) is 2.98. The maximum Gasteiger partial charge on any atom is 0.170 e. The minimum absolute atomic E-state index is 0.0151. The van der Waals surface area contributed by atoms with Crippen molar-refractivity contribution in [2.75, 3.05) is 13.1 Å². The van der Waals surface area contributed by atoms with Crippen molar-refractivity contribution in [2.45, 2.75) is 32.6 Å². The zero-order valence-corrected chi connectivity index (χ0v) is 11.9. The molecule has 1 unspecified atom stereocenters. The molecule has 0 aromatic heterocycles. The maximum absolute atomic E-state index is 13.2. The van der Waals surface area contributed by atoms with Gasteiger partial charge in [0.25, 0.3) is 0 Å². The second kappa shape index (κ2) is 6.02. The van der Waals surface area contributed by atoms with E-state index in [1.165, 1.54) is 18.2 Å². The van der Waals surface area contributed by atoms with Crippen molar-refractivity contribution >= 4 is 17.4 Å². The molecular formula is C15H19ClFNO. The Balaban J connectivity index is 2.30. The number of ketones is 1. The van der Waals surface area contributed by atoms with E-state index in [2.05, 4.69) is 12.2 Å². The number of hydrogen-bond acceptors (Lipinski definition) is 2.